The van der Waals surface area contributed by atoms with Crippen LogP contribution in [0.4, 0.5) is 0 Å². The highest BCUT2D eigenvalue weighted by molar-refractivity contribution is 7.01. The molecule has 0 spiro atoms. The van der Waals surface area contributed by atoms with Gasteiger partial charge in [-0.2, -0.15) is 0 Å². The fourth-order valence-electron chi connectivity index (χ4n) is 0. The molecule has 0 N–H and O–H groups in total. The van der Waals surface area contributed by atoms with Crippen LogP contribution in [0.2, 0.25) is 13.1 Å². The van der Waals surface area contributed by atoms with Crippen LogP contribution in [0.25, 0.3) is 0 Å². The molecule has 0 saturated carbocycles. The second kappa shape index (κ2) is 9.06. The molecule has 0 aromatic rings. The molecule has 0 aliphatic carbocycles. The van der Waals surface area contributed by atoms with Crippen molar-refractivity contribution in [2.75, 3.05) is 0 Å². The molecule has 0 fully saturated rings. The average Bonchev–Trinajstić information content (AvgIpc) is 1.41. The molecule has 0 atom stereocenters. The molecule has 0 aliphatic heterocycles. The molecule has 0 radical (unpaired) electrons. The van der Waals surface area contributed by atoms with Gasteiger partial charge >= 0.3 is 0 Å². The molecule has 0 heterocycles. The van der Waals surface area contributed by atoms with E-state index in [0.717, 1.165) is 0 Å². The predicted molar refractivity (Wildman–Crippen MR) is 40.2 cm³/mol. The highest BCUT2D eigenvalue weighted by Gasteiger charge is 1.71. The van der Waals surface area contributed by atoms with E-state index in [9.17, 15) is 0 Å². The van der Waals surface area contributed by atoms with E-state index >= 15 is 0 Å². The van der Waals surface area contributed by atoms with Crippen LogP contribution in [0, 0.1) is 0 Å². The molecule has 0 amide bonds. The SMILES string of the molecule is CC.C[SiH](C)[SiH3]. The topological polar surface area (TPSA) is 0 Å². The quantitative estimate of drug-likeness (QED) is 0.405. The Morgan fingerprint density at radius 2 is 1.17 bits per heavy atom. The lowest BCUT2D eigenvalue weighted by atomic mass is 11.0. The summed E-state index contributed by atoms with van der Waals surface area (Å²) in [6.45, 7) is 8.73. The third-order valence-corrected chi connectivity index (χ3v) is 0. The zero-order valence-corrected chi connectivity index (χ0v) is 8.73. The fourth-order valence-corrected chi connectivity index (χ4v) is 0. The van der Waals surface area contributed by atoms with E-state index in [-0.39, 0.29) is 8.31 Å². The monoisotopic (exact) mass is 120 g/mol. The Balaban J connectivity index is 0. The second-order valence-corrected chi connectivity index (χ2v) is 12.1. The lowest BCUT2D eigenvalue weighted by Crippen LogP contribution is -1.94. The summed E-state index contributed by atoms with van der Waals surface area (Å²) in [6.07, 6.45) is 0. The van der Waals surface area contributed by atoms with Crippen LogP contribution >= 0.6 is 0 Å². The summed E-state index contributed by atoms with van der Waals surface area (Å²) in [5.74, 6) is 0. The van der Waals surface area contributed by atoms with E-state index in [0.29, 0.717) is 0 Å². The van der Waals surface area contributed by atoms with Gasteiger partial charge in [0.05, 0.1) is 0 Å². The molecule has 6 heavy (non-hydrogen) atoms. The van der Waals surface area contributed by atoms with Crippen LogP contribution in [-0.4, -0.2) is 18.1 Å². The first kappa shape index (κ1) is 9.66. The van der Waals surface area contributed by atoms with Gasteiger partial charge in [-0.15, -0.1) is 0 Å². The average molecular weight is 120 g/mol. The van der Waals surface area contributed by atoms with E-state index in [1.807, 2.05) is 13.8 Å². The molecule has 0 aromatic heterocycles. The maximum absolute atomic E-state index is 2.37. The fraction of sp³-hybridized carbons (Fsp3) is 1.00. The van der Waals surface area contributed by atoms with Crippen LogP contribution in [0.5, 0.6) is 0 Å². The summed E-state index contributed by atoms with van der Waals surface area (Å²) < 4.78 is 0. The van der Waals surface area contributed by atoms with Gasteiger partial charge < -0.3 is 0 Å². The zero-order valence-electron chi connectivity index (χ0n) is 5.58. The van der Waals surface area contributed by atoms with E-state index in [1.165, 1.54) is 9.76 Å². The molecule has 0 aliphatic rings. The van der Waals surface area contributed by atoms with Gasteiger partial charge in [-0.05, 0) is 9.76 Å². The minimum Gasteiger partial charge on any atom is -0.0748 e. The number of hydrogen-bond donors (Lipinski definition) is 0. The maximum Gasteiger partial charge on any atom is 0.0141 e. The Kier molecular flexibility index (Phi) is 14.6. The Hall–Kier alpha value is 0.434. The summed E-state index contributed by atoms with van der Waals surface area (Å²) in [6, 6.07) is 0. The summed E-state index contributed by atoms with van der Waals surface area (Å²) in [7, 11) is 1.49. The maximum atomic E-state index is 2.37. The third kappa shape index (κ3) is 278. The van der Waals surface area contributed by atoms with Gasteiger partial charge in [-0.1, -0.05) is 26.9 Å². The zero-order chi connectivity index (χ0) is 5.58. The molecule has 0 nitrogen and oxygen atoms in total. The minimum atomic E-state index is -0.000000000000000222. The smallest absolute Gasteiger partial charge is 0.0141 e. The molecular weight excluding hydrogens is 104 g/mol. The highest BCUT2D eigenvalue weighted by Crippen LogP contribution is 1.59. The lowest BCUT2D eigenvalue weighted by molar-refractivity contribution is 1.50. The van der Waals surface area contributed by atoms with Crippen molar-refractivity contribution in [3.63, 3.8) is 0 Å². The largest absolute Gasteiger partial charge is 0.0748 e. The summed E-state index contributed by atoms with van der Waals surface area (Å²) in [5.41, 5.74) is 0. The normalized spacial score (nSPS) is 7.50. The van der Waals surface area contributed by atoms with Crippen molar-refractivity contribution in [2.45, 2.75) is 26.9 Å². The first-order valence-electron chi connectivity index (χ1n) is 2.73. The van der Waals surface area contributed by atoms with Crippen molar-refractivity contribution in [1.29, 1.82) is 0 Å². The van der Waals surface area contributed by atoms with Crippen molar-refractivity contribution in [1.82, 2.24) is 0 Å². The van der Waals surface area contributed by atoms with Gasteiger partial charge in [-0.3, -0.25) is 0 Å². The molecule has 40 valence electrons. The third-order valence-electron chi connectivity index (χ3n) is 0. The van der Waals surface area contributed by atoms with Crippen molar-refractivity contribution in [3.8, 4) is 0 Å². The van der Waals surface area contributed by atoms with Crippen LogP contribution in [0.1, 0.15) is 13.8 Å². The molecule has 0 unspecified atom stereocenters. The Morgan fingerprint density at radius 3 is 1.17 bits per heavy atom. The van der Waals surface area contributed by atoms with Crippen molar-refractivity contribution in [3.05, 3.63) is 0 Å². The molecule has 0 rings (SSSR count). The molecular formula is C4H16Si2. The highest BCUT2D eigenvalue weighted by atomic mass is 29.1. The Morgan fingerprint density at radius 1 is 1.17 bits per heavy atom. The number of hydrogen-bond acceptors (Lipinski definition) is 0. The van der Waals surface area contributed by atoms with Crippen LogP contribution in [-0.2, 0) is 0 Å². The summed E-state index contributed by atoms with van der Waals surface area (Å²) >= 11 is 0. The number of rotatable bonds is 0. The first-order valence-corrected chi connectivity index (χ1v) is 9.66. The molecule has 0 saturated heterocycles. The molecule has 0 aromatic carbocycles. The van der Waals surface area contributed by atoms with E-state index in [1.54, 1.807) is 0 Å². The van der Waals surface area contributed by atoms with Gasteiger partial charge in [0.2, 0.25) is 0 Å². The van der Waals surface area contributed by atoms with Crippen LogP contribution in [0.15, 0.2) is 0 Å². The summed E-state index contributed by atoms with van der Waals surface area (Å²) in [5, 5.41) is 0. The Bertz CT molecular complexity index is 10.3. The van der Waals surface area contributed by atoms with E-state index in [4.69, 9.17) is 0 Å². The van der Waals surface area contributed by atoms with Crippen molar-refractivity contribution < 1.29 is 0 Å². The van der Waals surface area contributed by atoms with E-state index in [2.05, 4.69) is 13.1 Å². The minimum absolute atomic E-state index is 0.000000000000000222. The summed E-state index contributed by atoms with van der Waals surface area (Å²) in [4.78, 5) is 0. The molecule has 0 bridgehead atoms. The molecule has 2 heteroatoms. The van der Waals surface area contributed by atoms with Gasteiger partial charge in [0.1, 0.15) is 0 Å². The predicted octanol–water partition coefficient (Wildman–Crippen LogP) is 0.361. The standard InChI is InChI=1S/C2H10Si2.C2H6/c1-4(2)3;1-2/h4H,1-3H3;1-2H3. The van der Waals surface area contributed by atoms with Crippen molar-refractivity contribution >= 4 is 18.1 Å². The van der Waals surface area contributed by atoms with Gasteiger partial charge in [0, 0.05) is 8.31 Å². The second-order valence-electron chi connectivity index (χ2n) is 1.73. The van der Waals surface area contributed by atoms with Gasteiger partial charge in [0.15, 0.2) is 0 Å². The van der Waals surface area contributed by atoms with Gasteiger partial charge in [-0.25, -0.2) is 0 Å². The van der Waals surface area contributed by atoms with Gasteiger partial charge in [0.25, 0.3) is 0 Å². The van der Waals surface area contributed by atoms with Crippen molar-refractivity contribution in [2.24, 2.45) is 0 Å². The lowest BCUT2D eigenvalue weighted by Gasteiger charge is -1.75. The first-order chi connectivity index (χ1) is 2.73. The van der Waals surface area contributed by atoms with Crippen LogP contribution in [0.3, 0.4) is 0 Å². The van der Waals surface area contributed by atoms with Crippen LogP contribution < -0.4 is 0 Å². The Labute approximate surface area is 45.8 Å². The van der Waals surface area contributed by atoms with E-state index < -0.39 is 0 Å².